The van der Waals surface area contributed by atoms with E-state index in [2.05, 4.69) is 15.3 Å². The van der Waals surface area contributed by atoms with Gasteiger partial charge in [-0.15, -0.1) is 11.3 Å². The number of carbonyl (C=O) groups is 2. The highest BCUT2D eigenvalue weighted by atomic mass is 32.1. The molecule has 0 atom stereocenters. The third-order valence-corrected chi connectivity index (χ3v) is 6.96. The highest BCUT2D eigenvalue weighted by Gasteiger charge is 2.22. The largest absolute Gasteiger partial charge is 0.497 e. The Hall–Kier alpha value is -3.28. The van der Waals surface area contributed by atoms with Gasteiger partial charge in [0.2, 0.25) is 11.7 Å². The lowest BCUT2D eigenvalue weighted by Crippen LogP contribution is -2.40. The summed E-state index contributed by atoms with van der Waals surface area (Å²) in [5.41, 5.74) is 1.22. The number of piperidine rings is 1. The zero-order valence-electron chi connectivity index (χ0n) is 19.4. The molecule has 1 aliphatic rings. The van der Waals surface area contributed by atoms with E-state index in [4.69, 9.17) is 14.6 Å². The number of aromatic nitrogens is 2. The average molecular weight is 501 g/mol. The standard InChI is InChI=1S/C24H28N4O6S/c1-33-18-4-2-3-16(9-18)10-25-23(32)21-26-22(31)20-17(14-35-24(20)27-21)13-34-12-15-5-7-28(8-6-15)19(30)11-29/h2-4,9,14-15,29H,5-8,10-13H2,1H3,(H,25,32)(H,26,27,31). The van der Waals surface area contributed by atoms with Crippen LogP contribution in [0.4, 0.5) is 0 Å². The number of likely N-dealkylation sites (tertiary alicyclic amines) is 1. The molecule has 1 aromatic carbocycles. The van der Waals surface area contributed by atoms with Gasteiger partial charge in [-0.25, -0.2) is 4.98 Å². The SMILES string of the molecule is COc1cccc(CNC(=O)c2nc3scc(COCC4CCN(C(=O)CO)CC4)c3c(=O)[nH]2)c1. The summed E-state index contributed by atoms with van der Waals surface area (Å²) in [6.07, 6.45) is 1.62. The minimum Gasteiger partial charge on any atom is -0.497 e. The molecule has 3 N–H and O–H groups in total. The van der Waals surface area contributed by atoms with Gasteiger partial charge in [0, 0.05) is 31.8 Å². The topological polar surface area (TPSA) is 134 Å². The van der Waals surface area contributed by atoms with Gasteiger partial charge in [-0.2, -0.15) is 0 Å². The van der Waals surface area contributed by atoms with E-state index < -0.39 is 12.5 Å². The van der Waals surface area contributed by atoms with Crippen LogP contribution in [0.5, 0.6) is 5.75 Å². The maximum Gasteiger partial charge on any atom is 0.287 e. The van der Waals surface area contributed by atoms with Gasteiger partial charge in [0.05, 0.1) is 19.1 Å². The van der Waals surface area contributed by atoms with Crippen molar-refractivity contribution in [3.63, 3.8) is 0 Å². The van der Waals surface area contributed by atoms with E-state index in [0.717, 1.165) is 24.0 Å². The first-order chi connectivity index (χ1) is 17.0. The van der Waals surface area contributed by atoms with Gasteiger partial charge in [0.15, 0.2) is 0 Å². The van der Waals surface area contributed by atoms with Crippen LogP contribution in [-0.2, 0) is 22.7 Å². The molecular formula is C24H28N4O6S. The number of nitrogens with one attached hydrogen (secondary N) is 2. The van der Waals surface area contributed by atoms with Gasteiger partial charge in [-0.3, -0.25) is 14.4 Å². The molecule has 0 saturated carbocycles. The number of H-pyrrole nitrogens is 1. The highest BCUT2D eigenvalue weighted by Crippen LogP contribution is 2.23. The van der Waals surface area contributed by atoms with Crippen LogP contribution in [0.2, 0.25) is 0 Å². The van der Waals surface area contributed by atoms with Gasteiger partial charge >= 0.3 is 0 Å². The summed E-state index contributed by atoms with van der Waals surface area (Å²) in [4.78, 5) is 46.0. The molecule has 0 unspecified atom stereocenters. The molecule has 3 aromatic rings. The number of aliphatic hydroxyl groups excluding tert-OH is 1. The average Bonchev–Trinajstić information content (AvgIpc) is 3.30. The molecule has 186 valence electrons. The van der Waals surface area contributed by atoms with Crippen molar-refractivity contribution in [1.82, 2.24) is 20.2 Å². The van der Waals surface area contributed by atoms with E-state index in [1.165, 1.54) is 11.3 Å². The lowest BCUT2D eigenvalue weighted by molar-refractivity contribution is -0.135. The van der Waals surface area contributed by atoms with E-state index in [-0.39, 0.29) is 30.4 Å². The third-order valence-electron chi connectivity index (χ3n) is 6.04. The lowest BCUT2D eigenvalue weighted by Gasteiger charge is -2.31. The number of carbonyl (C=O) groups excluding carboxylic acids is 2. The predicted molar refractivity (Wildman–Crippen MR) is 130 cm³/mol. The van der Waals surface area contributed by atoms with Gasteiger partial charge < -0.3 is 29.8 Å². The summed E-state index contributed by atoms with van der Waals surface area (Å²) < 4.78 is 11.1. The number of nitrogens with zero attached hydrogens (tertiary/aromatic N) is 2. The van der Waals surface area contributed by atoms with E-state index in [0.29, 0.717) is 41.6 Å². The summed E-state index contributed by atoms with van der Waals surface area (Å²) in [6, 6.07) is 7.35. The molecule has 11 heteroatoms. The fraction of sp³-hybridized carbons (Fsp3) is 0.417. The molecule has 0 spiro atoms. The van der Waals surface area contributed by atoms with Crippen molar-refractivity contribution in [2.24, 2.45) is 5.92 Å². The molecule has 1 aliphatic heterocycles. The molecule has 0 radical (unpaired) electrons. The van der Waals surface area contributed by atoms with E-state index in [1.54, 1.807) is 12.0 Å². The van der Waals surface area contributed by atoms with Crippen LogP contribution in [0.15, 0.2) is 34.4 Å². The Labute approximate surface area is 205 Å². The number of rotatable bonds is 9. The molecule has 10 nitrogen and oxygen atoms in total. The Morgan fingerprint density at radius 1 is 1.31 bits per heavy atom. The number of thiophene rings is 1. The number of benzene rings is 1. The van der Waals surface area contributed by atoms with Crippen molar-refractivity contribution < 1.29 is 24.2 Å². The third kappa shape index (κ3) is 6.05. The van der Waals surface area contributed by atoms with Crippen LogP contribution >= 0.6 is 11.3 Å². The van der Waals surface area contributed by atoms with Gasteiger partial charge in [-0.1, -0.05) is 12.1 Å². The van der Waals surface area contributed by atoms with Crippen LogP contribution in [0.25, 0.3) is 10.2 Å². The van der Waals surface area contributed by atoms with Crippen molar-refractivity contribution in [2.75, 3.05) is 33.4 Å². The second-order valence-corrected chi connectivity index (χ2v) is 9.25. The quantitative estimate of drug-likeness (QED) is 0.407. The predicted octanol–water partition coefficient (Wildman–Crippen LogP) is 1.67. The first kappa shape index (κ1) is 24.8. The van der Waals surface area contributed by atoms with E-state index >= 15 is 0 Å². The van der Waals surface area contributed by atoms with Gasteiger partial charge in [0.1, 0.15) is 17.2 Å². The minimum absolute atomic E-state index is 0.0381. The Bertz CT molecular complexity index is 1250. The van der Waals surface area contributed by atoms with Gasteiger partial charge in [-0.05, 0) is 41.8 Å². The number of fused-ring (bicyclic) bond motifs is 1. The molecule has 2 aromatic heterocycles. The molecular weight excluding hydrogens is 472 g/mol. The first-order valence-corrected chi connectivity index (χ1v) is 12.2. The number of amides is 2. The summed E-state index contributed by atoms with van der Waals surface area (Å²) >= 11 is 1.30. The Morgan fingerprint density at radius 3 is 2.86 bits per heavy atom. The Balaban J connectivity index is 1.33. The van der Waals surface area contributed by atoms with Gasteiger partial charge in [0.25, 0.3) is 11.5 Å². The van der Waals surface area contributed by atoms with Crippen LogP contribution in [0, 0.1) is 5.92 Å². The monoisotopic (exact) mass is 500 g/mol. The van der Waals surface area contributed by atoms with Crippen molar-refractivity contribution in [2.45, 2.75) is 26.0 Å². The van der Waals surface area contributed by atoms with Crippen LogP contribution in [0.3, 0.4) is 0 Å². The summed E-state index contributed by atoms with van der Waals surface area (Å²) in [5.74, 6) is 0.265. The van der Waals surface area contributed by atoms with Crippen molar-refractivity contribution in [3.05, 3.63) is 57.0 Å². The molecule has 3 heterocycles. The van der Waals surface area contributed by atoms with E-state index in [1.807, 2.05) is 29.6 Å². The van der Waals surface area contributed by atoms with Crippen LogP contribution in [0.1, 0.15) is 34.6 Å². The molecule has 1 fully saturated rings. The summed E-state index contributed by atoms with van der Waals surface area (Å²) in [7, 11) is 1.58. The van der Waals surface area contributed by atoms with Crippen LogP contribution in [-0.4, -0.2) is 65.2 Å². The Kier molecular flexibility index (Phi) is 8.11. The van der Waals surface area contributed by atoms with Crippen molar-refractivity contribution in [3.8, 4) is 5.75 Å². The number of hydrogen-bond donors (Lipinski definition) is 3. The summed E-state index contributed by atoms with van der Waals surface area (Å²) in [5, 5.41) is 14.0. The maximum atomic E-state index is 12.7. The number of hydrogen-bond acceptors (Lipinski definition) is 8. The molecule has 4 rings (SSSR count). The number of aromatic amines is 1. The molecule has 1 saturated heterocycles. The molecule has 2 amide bonds. The number of ether oxygens (including phenoxy) is 2. The zero-order chi connectivity index (χ0) is 24.8. The smallest absolute Gasteiger partial charge is 0.287 e. The second-order valence-electron chi connectivity index (χ2n) is 8.39. The number of aliphatic hydroxyl groups is 1. The number of methoxy groups -OCH3 is 1. The maximum absolute atomic E-state index is 12.7. The Morgan fingerprint density at radius 2 is 2.11 bits per heavy atom. The van der Waals surface area contributed by atoms with Crippen molar-refractivity contribution in [1.29, 1.82) is 0 Å². The zero-order valence-corrected chi connectivity index (χ0v) is 20.2. The highest BCUT2D eigenvalue weighted by molar-refractivity contribution is 7.16. The van der Waals surface area contributed by atoms with Crippen molar-refractivity contribution >= 4 is 33.4 Å². The van der Waals surface area contributed by atoms with E-state index in [9.17, 15) is 14.4 Å². The molecule has 0 bridgehead atoms. The summed E-state index contributed by atoms with van der Waals surface area (Å²) in [6.45, 7) is 1.83. The van der Waals surface area contributed by atoms with Crippen LogP contribution < -0.4 is 15.6 Å². The first-order valence-electron chi connectivity index (χ1n) is 11.4. The normalized spacial score (nSPS) is 14.3. The second kappa shape index (κ2) is 11.4. The fourth-order valence-electron chi connectivity index (χ4n) is 4.05. The molecule has 35 heavy (non-hydrogen) atoms. The minimum atomic E-state index is -0.468. The lowest BCUT2D eigenvalue weighted by atomic mass is 9.98. The fourth-order valence-corrected chi connectivity index (χ4v) is 4.98. The molecule has 0 aliphatic carbocycles.